The Morgan fingerprint density at radius 3 is 2.80 bits per heavy atom. The molecule has 2 aliphatic rings. The Morgan fingerprint density at radius 1 is 1.23 bits per heavy atom. The Morgan fingerprint density at radius 2 is 2.03 bits per heavy atom. The number of amides is 1. The number of amidine groups is 1. The summed E-state index contributed by atoms with van der Waals surface area (Å²) in [5.74, 6) is 0.125. The molecule has 0 radical (unpaired) electrons. The number of sulfone groups is 1. The molecular weight excluding hydrogens is 442 g/mol. The highest BCUT2D eigenvalue weighted by Crippen LogP contribution is 2.37. The Bertz CT molecular complexity index is 1130. The van der Waals surface area contributed by atoms with Gasteiger partial charge in [0.2, 0.25) is 5.91 Å². The number of halogens is 1. The van der Waals surface area contributed by atoms with Crippen LogP contribution in [0.25, 0.3) is 0 Å². The maximum atomic E-state index is 12.4. The molecule has 2 aromatic rings. The molecule has 2 unspecified atom stereocenters. The third kappa shape index (κ3) is 4.50. The molecule has 1 amide bonds. The quantitative estimate of drug-likeness (QED) is 0.748. The van der Waals surface area contributed by atoms with Gasteiger partial charge in [0.25, 0.3) is 0 Å². The zero-order valence-electron chi connectivity index (χ0n) is 16.6. The molecule has 0 aromatic heterocycles. The van der Waals surface area contributed by atoms with E-state index in [1.807, 2.05) is 36.9 Å². The number of nitrogens with one attached hydrogen (secondary N) is 1. The summed E-state index contributed by atoms with van der Waals surface area (Å²) in [5, 5.41) is 4.07. The third-order valence-corrected chi connectivity index (χ3v) is 8.07. The Balaban J connectivity index is 1.54. The summed E-state index contributed by atoms with van der Waals surface area (Å²) in [7, 11) is -3.12. The molecule has 4 rings (SSSR count). The molecule has 1 saturated heterocycles. The van der Waals surface area contributed by atoms with Crippen molar-refractivity contribution in [2.45, 2.75) is 25.9 Å². The lowest BCUT2D eigenvalue weighted by molar-refractivity contribution is -0.113. The zero-order chi connectivity index (χ0) is 21.5. The lowest BCUT2D eigenvalue weighted by atomic mass is 10.1. The first kappa shape index (κ1) is 21.2. The summed E-state index contributed by atoms with van der Waals surface area (Å²) >= 11 is 7.30. The van der Waals surface area contributed by atoms with E-state index < -0.39 is 9.84 Å². The molecule has 1 fully saturated rings. The molecular formula is C21H22ClN3O3S2. The first-order chi connectivity index (χ1) is 14.2. The average Bonchev–Trinajstić information content (AvgIpc) is 3.13. The second-order valence-corrected chi connectivity index (χ2v) is 11.2. The zero-order valence-corrected chi connectivity index (χ0v) is 19.0. The van der Waals surface area contributed by atoms with Crippen LogP contribution in [0, 0.1) is 13.8 Å². The molecule has 158 valence electrons. The molecule has 0 spiro atoms. The first-order valence-corrected chi connectivity index (χ1v) is 12.7. The highest BCUT2D eigenvalue weighted by molar-refractivity contribution is 8.14. The molecule has 0 bridgehead atoms. The van der Waals surface area contributed by atoms with Crippen LogP contribution in [0.2, 0.25) is 5.02 Å². The monoisotopic (exact) mass is 463 g/mol. The van der Waals surface area contributed by atoms with Crippen molar-refractivity contribution in [1.82, 2.24) is 0 Å². The summed E-state index contributed by atoms with van der Waals surface area (Å²) in [6.07, 6.45) is 0. The number of hydrogen-bond donors (Lipinski definition) is 1. The fraction of sp³-hybridized carbons (Fsp3) is 0.333. The molecule has 2 aliphatic heterocycles. The number of rotatable bonds is 4. The van der Waals surface area contributed by atoms with Crippen molar-refractivity contribution in [2.75, 3.05) is 27.5 Å². The van der Waals surface area contributed by atoms with Crippen LogP contribution in [0.5, 0.6) is 0 Å². The summed E-state index contributed by atoms with van der Waals surface area (Å²) in [6, 6.07) is 12.6. The molecule has 0 aliphatic carbocycles. The van der Waals surface area contributed by atoms with E-state index in [0.717, 1.165) is 16.8 Å². The number of fused-ring (bicyclic) bond motifs is 1. The van der Waals surface area contributed by atoms with E-state index in [2.05, 4.69) is 5.32 Å². The van der Waals surface area contributed by atoms with Crippen LogP contribution < -0.4 is 10.2 Å². The smallest absolute Gasteiger partial charge is 0.234 e. The number of carbonyl (C=O) groups excluding carboxylic acids is 1. The van der Waals surface area contributed by atoms with Gasteiger partial charge in [-0.2, -0.15) is 0 Å². The van der Waals surface area contributed by atoms with Gasteiger partial charge < -0.3 is 10.2 Å². The molecule has 2 heterocycles. The van der Waals surface area contributed by atoms with Crippen LogP contribution in [0.15, 0.2) is 47.5 Å². The van der Waals surface area contributed by atoms with Crippen LogP contribution in [0.4, 0.5) is 11.4 Å². The minimum atomic E-state index is -3.12. The SMILES string of the molecule is Cc1ccc(C)c(N2C(SCC(=O)Nc3cccc(Cl)c3)=NC3CS(=O)(=O)CC32)c1. The van der Waals surface area contributed by atoms with Gasteiger partial charge in [0, 0.05) is 16.4 Å². The summed E-state index contributed by atoms with van der Waals surface area (Å²) in [6.45, 7) is 4.00. The Hall–Kier alpha value is -2.03. The van der Waals surface area contributed by atoms with Gasteiger partial charge in [-0.05, 0) is 49.2 Å². The topological polar surface area (TPSA) is 78.8 Å². The van der Waals surface area contributed by atoms with Crippen molar-refractivity contribution in [1.29, 1.82) is 0 Å². The predicted molar refractivity (Wildman–Crippen MR) is 125 cm³/mol. The number of benzene rings is 2. The molecule has 1 N–H and O–H groups in total. The van der Waals surface area contributed by atoms with Crippen molar-refractivity contribution < 1.29 is 13.2 Å². The van der Waals surface area contributed by atoms with E-state index in [-0.39, 0.29) is 35.2 Å². The number of aliphatic imine (C=N–C) groups is 1. The number of nitrogens with zero attached hydrogens (tertiary/aromatic N) is 2. The van der Waals surface area contributed by atoms with Crippen molar-refractivity contribution in [3.63, 3.8) is 0 Å². The van der Waals surface area contributed by atoms with Crippen molar-refractivity contribution in [2.24, 2.45) is 4.99 Å². The van der Waals surface area contributed by atoms with Crippen LogP contribution >= 0.6 is 23.4 Å². The van der Waals surface area contributed by atoms with E-state index in [4.69, 9.17) is 16.6 Å². The van der Waals surface area contributed by atoms with E-state index >= 15 is 0 Å². The largest absolute Gasteiger partial charge is 0.325 e. The van der Waals surface area contributed by atoms with Crippen LogP contribution in [-0.4, -0.2) is 48.8 Å². The minimum Gasteiger partial charge on any atom is -0.325 e. The number of anilines is 2. The normalized spacial score (nSPS) is 22.0. The van der Waals surface area contributed by atoms with E-state index in [9.17, 15) is 13.2 Å². The highest BCUT2D eigenvalue weighted by Gasteiger charge is 2.47. The molecule has 2 aromatic carbocycles. The number of thioether (sulfide) groups is 1. The van der Waals surface area contributed by atoms with Crippen molar-refractivity contribution in [3.8, 4) is 0 Å². The summed E-state index contributed by atoms with van der Waals surface area (Å²) in [5.41, 5.74) is 3.71. The van der Waals surface area contributed by atoms with Crippen molar-refractivity contribution >= 4 is 55.6 Å². The molecule has 9 heteroatoms. The van der Waals surface area contributed by atoms with Gasteiger partial charge in [0.1, 0.15) is 0 Å². The molecule has 30 heavy (non-hydrogen) atoms. The van der Waals surface area contributed by atoms with Gasteiger partial charge in [0.15, 0.2) is 15.0 Å². The Labute approximate surface area is 185 Å². The lowest BCUT2D eigenvalue weighted by Gasteiger charge is -2.28. The fourth-order valence-electron chi connectivity index (χ4n) is 3.79. The number of aryl methyl sites for hydroxylation is 2. The van der Waals surface area contributed by atoms with Gasteiger partial charge in [-0.3, -0.25) is 9.79 Å². The molecule has 0 saturated carbocycles. The average molecular weight is 464 g/mol. The van der Waals surface area contributed by atoms with Gasteiger partial charge >= 0.3 is 0 Å². The Kier molecular flexibility index (Phi) is 5.83. The second-order valence-electron chi connectivity index (χ2n) is 7.63. The molecule has 2 atom stereocenters. The third-order valence-electron chi connectivity index (χ3n) is 5.17. The highest BCUT2D eigenvalue weighted by atomic mass is 35.5. The van der Waals surface area contributed by atoms with Crippen molar-refractivity contribution in [3.05, 3.63) is 58.6 Å². The lowest BCUT2D eigenvalue weighted by Crippen LogP contribution is -2.40. The summed E-state index contributed by atoms with van der Waals surface area (Å²) < 4.78 is 24.4. The predicted octanol–water partition coefficient (Wildman–Crippen LogP) is 3.67. The standard InChI is InChI=1S/C21H22ClN3O3S2/c1-13-6-7-14(2)18(8-13)25-19-12-30(27,28)11-17(19)24-21(25)29-10-20(26)23-16-5-3-4-15(22)9-16/h3-9,17,19H,10-12H2,1-2H3,(H,23,26). The fourth-order valence-corrected chi connectivity index (χ4v) is 6.74. The van der Waals surface area contributed by atoms with E-state index in [1.54, 1.807) is 24.3 Å². The minimum absolute atomic E-state index is 0.0534. The maximum Gasteiger partial charge on any atom is 0.234 e. The second kappa shape index (κ2) is 8.24. The van der Waals surface area contributed by atoms with E-state index in [0.29, 0.717) is 15.9 Å². The first-order valence-electron chi connectivity index (χ1n) is 9.55. The van der Waals surface area contributed by atoms with Gasteiger partial charge in [-0.15, -0.1) is 0 Å². The van der Waals surface area contributed by atoms with Crippen LogP contribution in [0.1, 0.15) is 11.1 Å². The number of carbonyl (C=O) groups is 1. The van der Waals surface area contributed by atoms with Gasteiger partial charge in [-0.25, -0.2) is 8.42 Å². The number of hydrogen-bond acceptors (Lipinski definition) is 6. The van der Waals surface area contributed by atoms with E-state index in [1.165, 1.54) is 11.8 Å². The molecule has 6 nitrogen and oxygen atoms in total. The summed E-state index contributed by atoms with van der Waals surface area (Å²) in [4.78, 5) is 19.2. The van der Waals surface area contributed by atoms with Gasteiger partial charge in [0.05, 0.1) is 29.3 Å². The van der Waals surface area contributed by atoms with Crippen LogP contribution in [0.3, 0.4) is 0 Å². The maximum absolute atomic E-state index is 12.4. The van der Waals surface area contributed by atoms with Crippen LogP contribution in [-0.2, 0) is 14.6 Å². The van der Waals surface area contributed by atoms with Gasteiger partial charge in [-0.1, -0.05) is 41.6 Å².